The van der Waals surface area contributed by atoms with E-state index in [2.05, 4.69) is 9.99 Å². The van der Waals surface area contributed by atoms with E-state index >= 15 is 0 Å². The largest absolute Gasteiger partial charge is 0.343 e. The van der Waals surface area contributed by atoms with Crippen LogP contribution in [0.15, 0.2) is 54.7 Å². The number of nitrogens with zero attached hydrogens (tertiary/aromatic N) is 1. The Balaban J connectivity index is 1.86. The van der Waals surface area contributed by atoms with Crippen LogP contribution < -0.4 is 11.3 Å². The maximum Gasteiger partial charge on any atom is 0.265 e. The van der Waals surface area contributed by atoms with Gasteiger partial charge in [-0.1, -0.05) is 23.7 Å². The van der Waals surface area contributed by atoms with E-state index in [9.17, 15) is 4.79 Å². The predicted molar refractivity (Wildman–Crippen MR) is 84.1 cm³/mol. The number of hydrogen-bond donors (Lipinski definition) is 2. The van der Waals surface area contributed by atoms with Crippen molar-refractivity contribution in [1.29, 1.82) is 0 Å². The molecular weight excluding hydrogens is 286 g/mol. The molecular formula is C16H14ClN3O. The molecule has 1 aromatic heterocycles. The Bertz CT molecular complexity index is 793. The molecule has 106 valence electrons. The van der Waals surface area contributed by atoms with Crippen molar-refractivity contribution in [2.45, 2.75) is 6.54 Å². The number of hydrogen-bond acceptors (Lipinski definition) is 2. The Hall–Kier alpha value is -2.30. The molecule has 0 saturated heterocycles. The highest BCUT2D eigenvalue weighted by Crippen LogP contribution is 2.21. The molecule has 1 amide bonds. The van der Waals surface area contributed by atoms with Gasteiger partial charge in [-0.25, -0.2) is 5.84 Å². The number of carbonyl (C=O) groups is 1. The first-order chi connectivity index (χ1) is 10.2. The third-order valence-corrected chi connectivity index (χ3v) is 3.67. The van der Waals surface area contributed by atoms with E-state index < -0.39 is 0 Å². The number of fused-ring (bicyclic) bond motifs is 1. The highest BCUT2D eigenvalue weighted by atomic mass is 35.5. The monoisotopic (exact) mass is 299 g/mol. The average Bonchev–Trinajstić information content (AvgIpc) is 2.89. The van der Waals surface area contributed by atoms with Crippen LogP contribution in [-0.4, -0.2) is 10.5 Å². The van der Waals surface area contributed by atoms with E-state index in [4.69, 9.17) is 17.4 Å². The Kier molecular flexibility index (Phi) is 3.64. The highest BCUT2D eigenvalue weighted by Gasteiger charge is 2.05. The van der Waals surface area contributed by atoms with Crippen LogP contribution in [0, 0.1) is 0 Å². The molecule has 2 aromatic carbocycles. The second kappa shape index (κ2) is 5.60. The van der Waals surface area contributed by atoms with Gasteiger partial charge < -0.3 is 4.57 Å². The third-order valence-electron chi connectivity index (χ3n) is 3.43. The summed E-state index contributed by atoms with van der Waals surface area (Å²) < 4.78 is 2.14. The molecule has 0 spiro atoms. The predicted octanol–water partition coefficient (Wildman–Crippen LogP) is 2.95. The zero-order chi connectivity index (χ0) is 14.8. The van der Waals surface area contributed by atoms with Gasteiger partial charge in [-0.2, -0.15) is 0 Å². The van der Waals surface area contributed by atoms with E-state index in [1.54, 1.807) is 12.1 Å². The number of carbonyl (C=O) groups excluding carboxylic acids is 1. The van der Waals surface area contributed by atoms with Crippen LogP contribution in [0.5, 0.6) is 0 Å². The van der Waals surface area contributed by atoms with Crippen molar-refractivity contribution in [3.05, 3.63) is 70.9 Å². The number of hydrazine groups is 1. The first kappa shape index (κ1) is 13.7. The second-order valence-corrected chi connectivity index (χ2v) is 5.25. The Labute approximate surface area is 127 Å². The van der Waals surface area contributed by atoms with Gasteiger partial charge in [0.1, 0.15) is 0 Å². The van der Waals surface area contributed by atoms with Crippen LogP contribution in [0.2, 0.25) is 5.02 Å². The molecule has 0 unspecified atom stereocenters. The van der Waals surface area contributed by atoms with Crippen molar-refractivity contribution in [3.8, 4) is 0 Å². The molecule has 0 radical (unpaired) electrons. The van der Waals surface area contributed by atoms with E-state index in [0.717, 1.165) is 28.0 Å². The fraction of sp³-hybridized carbons (Fsp3) is 0.0625. The van der Waals surface area contributed by atoms with Gasteiger partial charge in [0, 0.05) is 34.2 Å². The molecule has 0 atom stereocenters. The third kappa shape index (κ3) is 2.77. The maximum absolute atomic E-state index is 11.4. The van der Waals surface area contributed by atoms with Gasteiger partial charge in [-0.3, -0.25) is 10.2 Å². The van der Waals surface area contributed by atoms with Crippen molar-refractivity contribution in [3.63, 3.8) is 0 Å². The molecule has 21 heavy (non-hydrogen) atoms. The minimum Gasteiger partial charge on any atom is -0.343 e. The normalized spacial score (nSPS) is 10.8. The topological polar surface area (TPSA) is 60.0 Å². The first-order valence-electron chi connectivity index (χ1n) is 6.51. The number of nitrogens with two attached hydrogens (primary N) is 1. The molecule has 0 bridgehead atoms. The van der Waals surface area contributed by atoms with Gasteiger partial charge >= 0.3 is 0 Å². The molecule has 4 nitrogen and oxygen atoms in total. The quantitative estimate of drug-likeness (QED) is 0.444. The smallest absolute Gasteiger partial charge is 0.265 e. The van der Waals surface area contributed by atoms with Gasteiger partial charge in [-0.05, 0) is 42.0 Å². The zero-order valence-corrected chi connectivity index (χ0v) is 12.0. The molecule has 3 rings (SSSR count). The van der Waals surface area contributed by atoms with Gasteiger partial charge in [-0.15, -0.1) is 0 Å². The van der Waals surface area contributed by atoms with Crippen molar-refractivity contribution in [2.75, 3.05) is 0 Å². The van der Waals surface area contributed by atoms with E-state index in [0.29, 0.717) is 5.56 Å². The first-order valence-corrected chi connectivity index (χ1v) is 6.89. The molecule has 0 saturated carbocycles. The molecule has 3 N–H and O–H groups in total. The maximum atomic E-state index is 11.4. The van der Waals surface area contributed by atoms with Gasteiger partial charge in [0.2, 0.25) is 0 Å². The lowest BCUT2D eigenvalue weighted by Crippen LogP contribution is -2.29. The van der Waals surface area contributed by atoms with Crippen molar-refractivity contribution in [2.24, 2.45) is 5.84 Å². The fourth-order valence-corrected chi connectivity index (χ4v) is 2.53. The SMILES string of the molecule is NNC(=O)c1ccc(Cn2ccc3cc(Cl)ccc32)cc1. The summed E-state index contributed by atoms with van der Waals surface area (Å²) in [6, 6.07) is 15.3. The summed E-state index contributed by atoms with van der Waals surface area (Å²) in [5.41, 5.74) is 4.90. The van der Waals surface area contributed by atoms with Crippen molar-refractivity contribution < 1.29 is 4.79 Å². The van der Waals surface area contributed by atoms with Crippen LogP contribution in [0.4, 0.5) is 0 Å². The molecule has 1 heterocycles. The number of halogens is 1. The van der Waals surface area contributed by atoms with E-state index in [1.807, 2.05) is 42.6 Å². The summed E-state index contributed by atoms with van der Waals surface area (Å²) >= 11 is 5.99. The molecule has 0 fully saturated rings. The molecule has 0 aliphatic heterocycles. The number of rotatable bonds is 3. The number of aromatic nitrogens is 1. The summed E-state index contributed by atoms with van der Waals surface area (Å²) in [5.74, 6) is 4.82. The van der Waals surface area contributed by atoms with Crippen LogP contribution in [0.3, 0.4) is 0 Å². The highest BCUT2D eigenvalue weighted by molar-refractivity contribution is 6.31. The van der Waals surface area contributed by atoms with Crippen molar-refractivity contribution in [1.82, 2.24) is 9.99 Å². The van der Waals surface area contributed by atoms with Gasteiger partial charge in [0.05, 0.1) is 0 Å². The summed E-state index contributed by atoms with van der Waals surface area (Å²) in [4.78, 5) is 11.4. The molecule has 0 aliphatic rings. The standard InChI is InChI=1S/C16H14ClN3O/c17-14-5-6-15-13(9-14)7-8-20(15)10-11-1-3-12(4-2-11)16(21)19-18/h1-9H,10,18H2,(H,19,21). The van der Waals surface area contributed by atoms with Gasteiger partial charge in [0.15, 0.2) is 0 Å². The van der Waals surface area contributed by atoms with Crippen LogP contribution in [-0.2, 0) is 6.54 Å². The van der Waals surface area contributed by atoms with Crippen LogP contribution in [0.25, 0.3) is 10.9 Å². The number of nitrogen functional groups attached to an aromatic ring is 1. The van der Waals surface area contributed by atoms with Crippen LogP contribution >= 0.6 is 11.6 Å². The summed E-state index contributed by atoms with van der Waals surface area (Å²) in [7, 11) is 0. The minimum absolute atomic E-state index is 0.289. The summed E-state index contributed by atoms with van der Waals surface area (Å²) in [6.45, 7) is 0.732. The van der Waals surface area contributed by atoms with Crippen LogP contribution in [0.1, 0.15) is 15.9 Å². The lowest BCUT2D eigenvalue weighted by Gasteiger charge is -2.07. The Morgan fingerprint density at radius 3 is 2.62 bits per heavy atom. The van der Waals surface area contributed by atoms with E-state index in [1.165, 1.54) is 0 Å². The number of amides is 1. The lowest BCUT2D eigenvalue weighted by atomic mass is 10.1. The fourth-order valence-electron chi connectivity index (χ4n) is 2.35. The molecule has 5 heteroatoms. The summed E-state index contributed by atoms with van der Waals surface area (Å²) in [5, 5.41) is 1.85. The van der Waals surface area contributed by atoms with Gasteiger partial charge in [0.25, 0.3) is 5.91 Å². The van der Waals surface area contributed by atoms with Crippen molar-refractivity contribution >= 4 is 28.4 Å². The average molecular weight is 300 g/mol. The Morgan fingerprint density at radius 1 is 1.14 bits per heavy atom. The second-order valence-electron chi connectivity index (χ2n) is 4.82. The zero-order valence-electron chi connectivity index (χ0n) is 11.2. The number of benzene rings is 2. The number of nitrogens with one attached hydrogen (secondary N) is 1. The minimum atomic E-state index is -0.289. The summed E-state index contributed by atoms with van der Waals surface area (Å²) in [6.07, 6.45) is 2.03. The molecule has 3 aromatic rings. The molecule has 0 aliphatic carbocycles. The van der Waals surface area contributed by atoms with E-state index in [-0.39, 0.29) is 5.91 Å². The Morgan fingerprint density at radius 2 is 1.90 bits per heavy atom. The lowest BCUT2D eigenvalue weighted by molar-refractivity contribution is 0.0953.